The van der Waals surface area contributed by atoms with E-state index < -0.39 is 0 Å². The Morgan fingerprint density at radius 1 is 1.50 bits per heavy atom. The lowest BCUT2D eigenvalue weighted by molar-refractivity contribution is 1.10. The minimum Gasteiger partial charge on any atom is -0.0877 e. The monoisotopic (exact) mass is 110 g/mol. The van der Waals surface area contributed by atoms with Crippen LogP contribution < -0.4 is 0 Å². The summed E-state index contributed by atoms with van der Waals surface area (Å²) in [5.41, 5.74) is 1.43. The van der Waals surface area contributed by atoms with Gasteiger partial charge in [0, 0.05) is 0 Å². The van der Waals surface area contributed by atoms with Crippen LogP contribution in [0.25, 0.3) is 0 Å². The lowest BCUT2D eigenvalue weighted by Gasteiger charge is -1.87. The van der Waals surface area contributed by atoms with Gasteiger partial charge in [0.25, 0.3) is 0 Å². The third-order valence-electron chi connectivity index (χ3n) is 1.13. The molecule has 0 atom stereocenters. The zero-order valence-corrected chi connectivity index (χ0v) is 5.94. The Bertz CT molecular complexity index is 96.6. The normalized spacial score (nSPS) is 13.1. The lowest BCUT2D eigenvalue weighted by Crippen LogP contribution is -1.66. The molecule has 0 heteroatoms. The summed E-state index contributed by atoms with van der Waals surface area (Å²) in [6.45, 7) is 6.33. The predicted molar refractivity (Wildman–Crippen MR) is 38.9 cm³/mol. The van der Waals surface area contributed by atoms with Crippen molar-refractivity contribution in [3.8, 4) is 0 Å². The van der Waals surface area contributed by atoms with Gasteiger partial charge in [-0.1, -0.05) is 30.7 Å². The Balaban J connectivity index is 3.57. The molecular formula is C8H14. The Morgan fingerprint density at radius 3 is 2.50 bits per heavy atom. The van der Waals surface area contributed by atoms with Gasteiger partial charge in [-0.15, -0.1) is 0 Å². The molecule has 0 amide bonds. The first-order chi connectivity index (χ1) is 3.81. The number of rotatable bonds is 2. The second-order valence-corrected chi connectivity index (χ2v) is 1.89. The van der Waals surface area contributed by atoms with Crippen LogP contribution in [0.15, 0.2) is 23.8 Å². The Morgan fingerprint density at radius 2 is 2.12 bits per heavy atom. The molecule has 0 aliphatic heterocycles. The van der Waals surface area contributed by atoms with Crippen molar-refractivity contribution in [2.24, 2.45) is 0 Å². The molecule has 0 bridgehead atoms. The van der Waals surface area contributed by atoms with Gasteiger partial charge in [0.05, 0.1) is 0 Å². The number of allylic oxidation sites excluding steroid dienone is 4. The summed E-state index contributed by atoms with van der Waals surface area (Å²) >= 11 is 0. The lowest BCUT2D eigenvalue weighted by atomic mass is 10.2. The summed E-state index contributed by atoms with van der Waals surface area (Å²) in [4.78, 5) is 0. The van der Waals surface area contributed by atoms with E-state index in [-0.39, 0.29) is 0 Å². The first-order valence-electron chi connectivity index (χ1n) is 3.09. The van der Waals surface area contributed by atoms with E-state index in [2.05, 4.69) is 26.0 Å². The smallest absolute Gasteiger partial charge is 0.0349 e. The highest BCUT2D eigenvalue weighted by molar-refractivity contribution is 5.08. The van der Waals surface area contributed by atoms with Gasteiger partial charge in [-0.05, 0) is 20.3 Å². The van der Waals surface area contributed by atoms with E-state index >= 15 is 0 Å². The van der Waals surface area contributed by atoms with Gasteiger partial charge in [0.1, 0.15) is 0 Å². The summed E-state index contributed by atoms with van der Waals surface area (Å²) in [6, 6.07) is 0. The Hall–Kier alpha value is -0.520. The first kappa shape index (κ1) is 7.48. The van der Waals surface area contributed by atoms with Crippen LogP contribution in [-0.4, -0.2) is 0 Å². The van der Waals surface area contributed by atoms with Gasteiger partial charge in [0.15, 0.2) is 0 Å². The van der Waals surface area contributed by atoms with E-state index in [1.54, 1.807) is 0 Å². The molecule has 0 aliphatic rings. The minimum absolute atomic E-state index is 1.16. The van der Waals surface area contributed by atoms with Crippen LogP contribution in [0.3, 0.4) is 0 Å². The highest BCUT2D eigenvalue weighted by Gasteiger charge is 1.75. The average molecular weight is 110 g/mol. The third-order valence-corrected chi connectivity index (χ3v) is 1.13. The van der Waals surface area contributed by atoms with Gasteiger partial charge < -0.3 is 0 Å². The van der Waals surface area contributed by atoms with Crippen LogP contribution in [0, 0.1) is 0 Å². The fourth-order valence-corrected chi connectivity index (χ4v) is 0.378. The quantitative estimate of drug-likeness (QED) is 0.479. The van der Waals surface area contributed by atoms with Crippen molar-refractivity contribution in [2.45, 2.75) is 27.2 Å². The first-order valence-corrected chi connectivity index (χ1v) is 3.09. The summed E-state index contributed by atoms with van der Waals surface area (Å²) in [5.74, 6) is 0. The van der Waals surface area contributed by atoms with Gasteiger partial charge in [-0.2, -0.15) is 0 Å². The molecule has 46 valence electrons. The van der Waals surface area contributed by atoms with Gasteiger partial charge in [0.2, 0.25) is 0 Å². The van der Waals surface area contributed by atoms with Crippen LogP contribution in [0.5, 0.6) is 0 Å². The molecule has 0 heterocycles. The van der Waals surface area contributed by atoms with E-state index in [1.165, 1.54) is 5.57 Å². The maximum absolute atomic E-state index is 2.16. The van der Waals surface area contributed by atoms with Crippen LogP contribution in [0.2, 0.25) is 0 Å². The fourth-order valence-electron chi connectivity index (χ4n) is 0.378. The second kappa shape index (κ2) is 4.63. The average Bonchev–Trinajstić information content (AvgIpc) is 1.83. The van der Waals surface area contributed by atoms with E-state index in [0.717, 1.165) is 6.42 Å². The summed E-state index contributed by atoms with van der Waals surface area (Å²) in [5, 5.41) is 0. The predicted octanol–water partition coefficient (Wildman–Crippen LogP) is 2.92. The molecule has 8 heavy (non-hydrogen) atoms. The fraction of sp³-hybridized carbons (Fsp3) is 0.500. The second-order valence-electron chi connectivity index (χ2n) is 1.89. The summed E-state index contributed by atoms with van der Waals surface area (Å²) in [6.07, 6.45) is 7.41. The molecule has 0 nitrogen and oxygen atoms in total. The van der Waals surface area contributed by atoms with Crippen molar-refractivity contribution in [1.82, 2.24) is 0 Å². The van der Waals surface area contributed by atoms with Crippen molar-refractivity contribution in [2.75, 3.05) is 0 Å². The molecule has 0 aromatic heterocycles. The van der Waals surface area contributed by atoms with Crippen LogP contribution in [0.4, 0.5) is 0 Å². The van der Waals surface area contributed by atoms with E-state index in [0.29, 0.717) is 0 Å². The van der Waals surface area contributed by atoms with Crippen molar-refractivity contribution in [3.63, 3.8) is 0 Å². The molecule has 0 aliphatic carbocycles. The largest absolute Gasteiger partial charge is 0.0877 e. The molecule has 0 fully saturated rings. The molecule has 0 rings (SSSR count). The highest BCUT2D eigenvalue weighted by Crippen LogP contribution is 1.96. The number of hydrogen-bond donors (Lipinski definition) is 0. The molecule has 0 aromatic carbocycles. The molecule has 0 spiro atoms. The van der Waals surface area contributed by atoms with Crippen molar-refractivity contribution >= 4 is 0 Å². The zero-order chi connectivity index (χ0) is 6.41. The molecule has 0 unspecified atom stereocenters. The van der Waals surface area contributed by atoms with E-state index in [1.807, 2.05) is 13.0 Å². The van der Waals surface area contributed by atoms with Crippen LogP contribution in [0.1, 0.15) is 27.2 Å². The molecule has 0 radical (unpaired) electrons. The maximum atomic E-state index is 2.16. The Kier molecular flexibility index (Phi) is 4.33. The van der Waals surface area contributed by atoms with E-state index in [9.17, 15) is 0 Å². The van der Waals surface area contributed by atoms with E-state index in [4.69, 9.17) is 0 Å². The van der Waals surface area contributed by atoms with Crippen molar-refractivity contribution in [3.05, 3.63) is 23.8 Å². The van der Waals surface area contributed by atoms with Crippen LogP contribution >= 0.6 is 0 Å². The van der Waals surface area contributed by atoms with Gasteiger partial charge in [-0.25, -0.2) is 0 Å². The highest BCUT2D eigenvalue weighted by atomic mass is 13.8. The van der Waals surface area contributed by atoms with Crippen LogP contribution in [-0.2, 0) is 0 Å². The summed E-state index contributed by atoms with van der Waals surface area (Å²) < 4.78 is 0. The topological polar surface area (TPSA) is 0 Å². The Labute approximate surface area is 51.9 Å². The molecular weight excluding hydrogens is 96.1 g/mol. The minimum atomic E-state index is 1.16. The summed E-state index contributed by atoms with van der Waals surface area (Å²) in [7, 11) is 0. The maximum Gasteiger partial charge on any atom is -0.0349 e. The number of hydrogen-bond acceptors (Lipinski definition) is 0. The van der Waals surface area contributed by atoms with Crippen molar-refractivity contribution in [1.29, 1.82) is 0 Å². The SMILES string of the molecule is C/C=C\C=C(\C)CC. The van der Waals surface area contributed by atoms with Crippen molar-refractivity contribution < 1.29 is 0 Å². The van der Waals surface area contributed by atoms with Gasteiger partial charge >= 0.3 is 0 Å². The standard InChI is InChI=1S/C8H14/c1-4-6-7-8(3)5-2/h4,6-7H,5H2,1-3H3/b6-4-,8-7-. The molecule has 0 saturated carbocycles. The van der Waals surface area contributed by atoms with Gasteiger partial charge in [-0.3, -0.25) is 0 Å². The molecule has 0 saturated heterocycles. The molecule has 0 N–H and O–H groups in total. The third kappa shape index (κ3) is 3.66. The molecule has 0 aromatic rings. The zero-order valence-electron chi connectivity index (χ0n) is 5.94.